The Kier molecular flexibility index (Phi) is 7.35. The van der Waals surface area contributed by atoms with Crippen molar-refractivity contribution in [3.63, 3.8) is 0 Å². The molecule has 31 heavy (non-hydrogen) atoms. The number of nitrogens with zero attached hydrogens (tertiary/aromatic N) is 1. The van der Waals surface area contributed by atoms with Crippen LogP contribution in [0.15, 0.2) is 47.4 Å². The van der Waals surface area contributed by atoms with Crippen LogP contribution >= 0.6 is 0 Å². The van der Waals surface area contributed by atoms with Crippen LogP contribution in [0.1, 0.15) is 30.4 Å². The third kappa shape index (κ3) is 5.26. The fourth-order valence-electron chi connectivity index (χ4n) is 3.59. The fourth-order valence-corrected chi connectivity index (χ4v) is 5.36. The number of carbonyl (C=O) groups excluding carboxylic acids is 1. The summed E-state index contributed by atoms with van der Waals surface area (Å²) in [5, 5.41) is 2.74. The molecule has 0 aliphatic carbocycles. The lowest BCUT2D eigenvalue weighted by Crippen LogP contribution is -2.36. The molecule has 0 atom stereocenters. The summed E-state index contributed by atoms with van der Waals surface area (Å²) in [5.74, 6) is 0.713. The van der Waals surface area contributed by atoms with E-state index in [2.05, 4.69) is 5.32 Å². The zero-order valence-corrected chi connectivity index (χ0v) is 18.9. The van der Waals surface area contributed by atoms with Crippen molar-refractivity contribution in [1.29, 1.82) is 0 Å². The summed E-state index contributed by atoms with van der Waals surface area (Å²) < 4.78 is 38.3. The molecule has 3 rings (SSSR count). The number of aryl methyl sites for hydroxylation is 1. The van der Waals surface area contributed by atoms with Crippen molar-refractivity contribution in [1.82, 2.24) is 4.31 Å². The number of ether oxygens (including phenoxy) is 2. The molecule has 1 fully saturated rings. The van der Waals surface area contributed by atoms with Crippen molar-refractivity contribution in [2.75, 3.05) is 32.6 Å². The quantitative estimate of drug-likeness (QED) is 0.656. The zero-order chi connectivity index (χ0) is 22.4. The number of benzene rings is 2. The predicted octanol–water partition coefficient (Wildman–Crippen LogP) is 3.84. The Bertz CT molecular complexity index is 1070. The molecule has 1 aliphatic heterocycles. The second-order valence-electron chi connectivity index (χ2n) is 7.35. The molecule has 0 bridgehead atoms. The number of sulfonamides is 1. The van der Waals surface area contributed by atoms with Gasteiger partial charge >= 0.3 is 0 Å². The van der Waals surface area contributed by atoms with Crippen LogP contribution in [0.4, 0.5) is 5.69 Å². The highest BCUT2D eigenvalue weighted by Gasteiger charge is 2.27. The van der Waals surface area contributed by atoms with Crippen molar-refractivity contribution in [3.05, 3.63) is 53.6 Å². The number of amides is 1. The maximum atomic E-state index is 13.1. The first-order chi connectivity index (χ1) is 14.9. The molecule has 8 heteroatoms. The van der Waals surface area contributed by atoms with E-state index in [1.165, 1.54) is 23.6 Å². The van der Waals surface area contributed by atoms with Gasteiger partial charge in [-0.25, -0.2) is 8.42 Å². The van der Waals surface area contributed by atoms with E-state index >= 15 is 0 Å². The average molecular weight is 445 g/mol. The van der Waals surface area contributed by atoms with Gasteiger partial charge in [0.1, 0.15) is 0 Å². The number of anilines is 1. The van der Waals surface area contributed by atoms with Gasteiger partial charge in [-0.1, -0.05) is 24.6 Å². The van der Waals surface area contributed by atoms with Crippen molar-refractivity contribution in [2.24, 2.45) is 0 Å². The molecule has 166 valence electrons. The van der Waals surface area contributed by atoms with E-state index in [4.69, 9.17) is 9.47 Å². The predicted molar refractivity (Wildman–Crippen MR) is 121 cm³/mol. The fraction of sp³-hybridized carbons (Fsp3) is 0.348. The number of nitrogens with one attached hydrogen (secondary N) is 1. The van der Waals surface area contributed by atoms with Gasteiger partial charge in [0, 0.05) is 30.4 Å². The van der Waals surface area contributed by atoms with E-state index in [9.17, 15) is 13.2 Å². The lowest BCUT2D eigenvalue weighted by molar-refractivity contribution is -0.111. The number of methoxy groups -OCH3 is 2. The molecule has 1 aliphatic rings. The van der Waals surface area contributed by atoms with Crippen LogP contribution in [0, 0.1) is 6.92 Å². The van der Waals surface area contributed by atoms with Crippen LogP contribution in [-0.2, 0) is 14.8 Å². The van der Waals surface area contributed by atoms with Crippen LogP contribution in [0.3, 0.4) is 0 Å². The molecule has 0 radical (unpaired) electrons. The molecule has 7 nitrogen and oxygen atoms in total. The SMILES string of the molecule is COc1cccc(/C=C/C(=O)Nc2ccc(C)c(S(=O)(=O)N3CCCCC3)c2)c1OC. The van der Waals surface area contributed by atoms with Crippen LogP contribution in [0.25, 0.3) is 6.08 Å². The lowest BCUT2D eigenvalue weighted by atomic mass is 10.1. The number of hydrogen-bond donors (Lipinski definition) is 1. The molecule has 0 spiro atoms. The standard InChI is InChI=1S/C23H28N2O5S/c1-17-10-12-19(16-21(17)31(27,28)25-14-5-4-6-15-25)24-22(26)13-11-18-8-7-9-20(29-2)23(18)30-3/h7-13,16H,4-6,14-15H2,1-3H3,(H,24,26)/b13-11+. The summed E-state index contributed by atoms with van der Waals surface area (Å²) in [6.07, 6.45) is 5.78. The molecule has 1 saturated heterocycles. The summed E-state index contributed by atoms with van der Waals surface area (Å²) in [4.78, 5) is 12.7. The van der Waals surface area contributed by atoms with E-state index in [1.807, 2.05) is 0 Å². The summed E-state index contributed by atoms with van der Waals surface area (Å²) in [6, 6.07) is 10.3. The van der Waals surface area contributed by atoms with Crippen LogP contribution in [-0.4, -0.2) is 45.9 Å². The highest BCUT2D eigenvalue weighted by atomic mass is 32.2. The topological polar surface area (TPSA) is 84.9 Å². The Morgan fingerprint density at radius 3 is 2.48 bits per heavy atom. The first-order valence-electron chi connectivity index (χ1n) is 10.2. The smallest absolute Gasteiger partial charge is 0.248 e. The van der Waals surface area contributed by atoms with Crippen LogP contribution in [0.5, 0.6) is 11.5 Å². The molecule has 2 aromatic carbocycles. The van der Waals surface area contributed by atoms with Gasteiger partial charge in [0.15, 0.2) is 11.5 Å². The van der Waals surface area contributed by atoms with Crippen LogP contribution < -0.4 is 14.8 Å². The number of para-hydroxylation sites is 1. The van der Waals surface area contributed by atoms with Gasteiger partial charge in [0.2, 0.25) is 15.9 Å². The molecule has 1 heterocycles. The maximum Gasteiger partial charge on any atom is 0.248 e. The van der Waals surface area contributed by atoms with Gasteiger partial charge in [-0.05, 0) is 49.6 Å². The van der Waals surface area contributed by atoms with Crippen LogP contribution in [0.2, 0.25) is 0 Å². The number of piperidine rings is 1. The van der Waals surface area contributed by atoms with E-state index in [1.54, 1.807) is 50.4 Å². The molecule has 0 saturated carbocycles. The second-order valence-corrected chi connectivity index (χ2v) is 9.26. The van der Waals surface area contributed by atoms with Crippen molar-refractivity contribution in [3.8, 4) is 11.5 Å². The number of hydrogen-bond acceptors (Lipinski definition) is 5. The Morgan fingerprint density at radius 2 is 1.81 bits per heavy atom. The van der Waals surface area contributed by atoms with Gasteiger partial charge in [-0.2, -0.15) is 4.31 Å². The summed E-state index contributed by atoms with van der Waals surface area (Å²) in [7, 11) is -0.509. The molecule has 1 N–H and O–H groups in total. The van der Waals surface area contributed by atoms with Gasteiger partial charge in [-0.3, -0.25) is 4.79 Å². The molecule has 1 amide bonds. The Balaban J connectivity index is 1.78. The monoisotopic (exact) mass is 444 g/mol. The Hall–Kier alpha value is -2.84. The summed E-state index contributed by atoms with van der Waals surface area (Å²) in [5.41, 5.74) is 1.77. The molecule has 0 aromatic heterocycles. The zero-order valence-electron chi connectivity index (χ0n) is 18.1. The number of rotatable bonds is 7. The molecule has 2 aromatic rings. The highest BCUT2D eigenvalue weighted by molar-refractivity contribution is 7.89. The first kappa shape index (κ1) is 22.8. The first-order valence-corrected chi connectivity index (χ1v) is 11.6. The van der Waals surface area contributed by atoms with E-state index < -0.39 is 10.0 Å². The van der Waals surface area contributed by atoms with Gasteiger partial charge in [0.25, 0.3) is 0 Å². The molecule has 0 unspecified atom stereocenters. The Labute approximate surface area is 183 Å². The van der Waals surface area contributed by atoms with Gasteiger partial charge in [0.05, 0.1) is 19.1 Å². The van der Waals surface area contributed by atoms with Crippen molar-refractivity contribution >= 4 is 27.7 Å². The highest BCUT2D eigenvalue weighted by Crippen LogP contribution is 2.31. The third-order valence-electron chi connectivity index (χ3n) is 5.24. The summed E-state index contributed by atoms with van der Waals surface area (Å²) >= 11 is 0. The minimum atomic E-state index is -3.59. The Morgan fingerprint density at radius 1 is 1.06 bits per heavy atom. The molecular formula is C23H28N2O5S. The molecular weight excluding hydrogens is 416 g/mol. The van der Waals surface area contributed by atoms with E-state index in [0.717, 1.165) is 19.3 Å². The minimum Gasteiger partial charge on any atom is -0.493 e. The van der Waals surface area contributed by atoms with Gasteiger partial charge in [-0.15, -0.1) is 0 Å². The average Bonchev–Trinajstić information content (AvgIpc) is 2.79. The maximum absolute atomic E-state index is 13.1. The third-order valence-corrected chi connectivity index (χ3v) is 7.28. The number of carbonyl (C=O) groups is 1. The largest absolute Gasteiger partial charge is 0.493 e. The normalized spacial score (nSPS) is 15.1. The van der Waals surface area contributed by atoms with Crippen molar-refractivity contribution in [2.45, 2.75) is 31.1 Å². The lowest BCUT2D eigenvalue weighted by Gasteiger charge is -2.26. The van der Waals surface area contributed by atoms with E-state index in [0.29, 0.717) is 41.4 Å². The summed E-state index contributed by atoms with van der Waals surface area (Å²) in [6.45, 7) is 2.82. The van der Waals surface area contributed by atoms with Gasteiger partial charge < -0.3 is 14.8 Å². The minimum absolute atomic E-state index is 0.227. The second kappa shape index (κ2) is 9.98. The van der Waals surface area contributed by atoms with Crippen molar-refractivity contribution < 1.29 is 22.7 Å². The van der Waals surface area contributed by atoms with E-state index in [-0.39, 0.29) is 10.8 Å².